The van der Waals surface area contributed by atoms with E-state index in [2.05, 4.69) is 34.2 Å². The van der Waals surface area contributed by atoms with Gasteiger partial charge in [-0.1, -0.05) is 19.0 Å². The second-order valence-corrected chi connectivity index (χ2v) is 4.69. The number of aromatic nitrogens is 2. The summed E-state index contributed by atoms with van der Waals surface area (Å²) in [5.74, 6) is 1.79. The molecule has 0 saturated heterocycles. The molecular weight excluding hydrogens is 216 g/mol. The van der Waals surface area contributed by atoms with Gasteiger partial charge in [0.2, 0.25) is 5.89 Å². The molecule has 1 rings (SSSR count). The molecule has 0 saturated carbocycles. The molecule has 0 spiro atoms. The SMILES string of the molecule is CCC(NC)C(C)c1nc(CCN(C)C)no1. The quantitative estimate of drug-likeness (QED) is 0.778. The topological polar surface area (TPSA) is 54.2 Å². The normalized spacial score (nSPS) is 15.2. The minimum Gasteiger partial charge on any atom is -0.339 e. The third kappa shape index (κ3) is 4.09. The van der Waals surface area contributed by atoms with E-state index in [1.54, 1.807) is 0 Å². The summed E-state index contributed by atoms with van der Waals surface area (Å²) in [6.45, 7) is 5.21. The van der Waals surface area contributed by atoms with Gasteiger partial charge in [0.05, 0.1) is 5.92 Å². The van der Waals surface area contributed by atoms with Crippen LogP contribution in [0.25, 0.3) is 0 Å². The maximum absolute atomic E-state index is 5.32. The molecule has 5 heteroatoms. The lowest BCUT2D eigenvalue weighted by Gasteiger charge is -2.18. The van der Waals surface area contributed by atoms with Gasteiger partial charge in [0.1, 0.15) is 0 Å². The maximum atomic E-state index is 5.32. The zero-order valence-electron chi connectivity index (χ0n) is 11.5. The van der Waals surface area contributed by atoms with Gasteiger partial charge >= 0.3 is 0 Å². The average molecular weight is 240 g/mol. The molecule has 17 heavy (non-hydrogen) atoms. The van der Waals surface area contributed by atoms with Crippen LogP contribution in [0.5, 0.6) is 0 Å². The molecule has 0 aliphatic heterocycles. The molecule has 0 radical (unpaired) electrons. The smallest absolute Gasteiger partial charge is 0.231 e. The highest BCUT2D eigenvalue weighted by Crippen LogP contribution is 2.19. The minimum absolute atomic E-state index is 0.255. The molecule has 1 heterocycles. The van der Waals surface area contributed by atoms with Gasteiger partial charge in [-0.2, -0.15) is 4.98 Å². The number of rotatable bonds is 7. The van der Waals surface area contributed by atoms with Gasteiger partial charge in [-0.3, -0.25) is 0 Å². The highest BCUT2D eigenvalue weighted by Gasteiger charge is 2.21. The summed E-state index contributed by atoms with van der Waals surface area (Å²) < 4.78 is 5.32. The van der Waals surface area contributed by atoms with Crippen molar-refractivity contribution in [2.45, 2.75) is 38.6 Å². The zero-order valence-corrected chi connectivity index (χ0v) is 11.5. The van der Waals surface area contributed by atoms with Crippen LogP contribution in [0, 0.1) is 0 Å². The van der Waals surface area contributed by atoms with E-state index in [-0.39, 0.29) is 5.92 Å². The summed E-state index contributed by atoms with van der Waals surface area (Å²) in [6.07, 6.45) is 1.88. The Kier molecular flexibility index (Phi) is 5.58. The molecule has 0 aliphatic rings. The van der Waals surface area contributed by atoms with Crippen LogP contribution in [0.3, 0.4) is 0 Å². The molecule has 0 bridgehead atoms. The summed E-state index contributed by atoms with van der Waals surface area (Å²) in [6, 6.07) is 0.386. The molecule has 98 valence electrons. The van der Waals surface area contributed by atoms with Crippen LogP contribution in [0.4, 0.5) is 0 Å². The summed E-state index contributed by atoms with van der Waals surface area (Å²) >= 11 is 0. The van der Waals surface area contributed by atoms with Crippen LogP contribution in [0.1, 0.15) is 37.9 Å². The fourth-order valence-corrected chi connectivity index (χ4v) is 1.86. The lowest BCUT2D eigenvalue weighted by atomic mass is 10.00. The van der Waals surface area contributed by atoms with Gasteiger partial charge in [-0.05, 0) is 27.6 Å². The first kappa shape index (κ1) is 14.1. The first-order valence-electron chi connectivity index (χ1n) is 6.23. The number of likely N-dealkylation sites (N-methyl/N-ethyl adjacent to an activating group) is 2. The molecule has 5 nitrogen and oxygen atoms in total. The second kappa shape index (κ2) is 6.71. The zero-order chi connectivity index (χ0) is 12.8. The number of hydrogen-bond acceptors (Lipinski definition) is 5. The molecule has 1 aromatic heterocycles. The van der Waals surface area contributed by atoms with Crippen molar-refractivity contribution >= 4 is 0 Å². The van der Waals surface area contributed by atoms with Gasteiger partial charge in [0, 0.05) is 19.0 Å². The van der Waals surface area contributed by atoms with Gasteiger partial charge in [0.25, 0.3) is 0 Å². The van der Waals surface area contributed by atoms with Crippen LogP contribution >= 0.6 is 0 Å². The van der Waals surface area contributed by atoms with Crippen LogP contribution in [0.15, 0.2) is 4.52 Å². The van der Waals surface area contributed by atoms with Crippen molar-refractivity contribution in [3.05, 3.63) is 11.7 Å². The highest BCUT2D eigenvalue weighted by atomic mass is 16.5. The Bertz CT molecular complexity index is 320. The lowest BCUT2D eigenvalue weighted by molar-refractivity contribution is 0.322. The summed E-state index contributed by atoms with van der Waals surface area (Å²) in [7, 11) is 6.05. The highest BCUT2D eigenvalue weighted by molar-refractivity contribution is 4.97. The molecular formula is C12H24N4O. The predicted molar refractivity (Wildman–Crippen MR) is 68.1 cm³/mol. The third-order valence-corrected chi connectivity index (χ3v) is 3.07. The second-order valence-electron chi connectivity index (χ2n) is 4.69. The van der Waals surface area contributed by atoms with E-state index in [1.165, 1.54) is 0 Å². The molecule has 1 N–H and O–H groups in total. The van der Waals surface area contributed by atoms with Gasteiger partial charge in [-0.15, -0.1) is 0 Å². The number of hydrogen-bond donors (Lipinski definition) is 1. The first-order chi connectivity index (χ1) is 8.08. The molecule has 0 amide bonds. The lowest BCUT2D eigenvalue weighted by Crippen LogP contribution is -2.30. The maximum Gasteiger partial charge on any atom is 0.231 e. The molecule has 0 aliphatic carbocycles. The van der Waals surface area contributed by atoms with Crippen molar-refractivity contribution in [2.75, 3.05) is 27.7 Å². The van der Waals surface area contributed by atoms with Gasteiger partial charge in [-0.25, -0.2) is 0 Å². The summed E-state index contributed by atoms with van der Waals surface area (Å²) in [5.41, 5.74) is 0. The van der Waals surface area contributed by atoms with Crippen LogP contribution in [-0.4, -0.2) is 48.8 Å². The Morgan fingerprint density at radius 2 is 2.12 bits per heavy atom. The van der Waals surface area contributed by atoms with E-state index in [4.69, 9.17) is 4.52 Å². The first-order valence-corrected chi connectivity index (χ1v) is 6.23. The van der Waals surface area contributed by atoms with Gasteiger partial charge in [0.15, 0.2) is 5.82 Å². The Balaban J connectivity index is 2.60. The van der Waals surface area contributed by atoms with E-state index in [1.807, 2.05) is 21.1 Å². The summed E-state index contributed by atoms with van der Waals surface area (Å²) in [5, 5.41) is 7.29. The fourth-order valence-electron chi connectivity index (χ4n) is 1.86. The Hall–Kier alpha value is -0.940. The third-order valence-electron chi connectivity index (χ3n) is 3.07. The molecule has 2 unspecified atom stereocenters. The van der Waals surface area contributed by atoms with Crippen molar-refractivity contribution in [1.82, 2.24) is 20.4 Å². The molecule has 2 atom stereocenters. The molecule has 0 fully saturated rings. The predicted octanol–water partition coefficient (Wildman–Crippen LogP) is 1.28. The van der Waals surface area contributed by atoms with Crippen LogP contribution < -0.4 is 5.32 Å². The van der Waals surface area contributed by atoms with Gasteiger partial charge < -0.3 is 14.7 Å². The van der Waals surface area contributed by atoms with Crippen molar-refractivity contribution in [3.8, 4) is 0 Å². The monoisotopic (exact) mass is 240 g/mol. The van der Waals surface area contributed by atoms with Crippen molar-refractivity contribution in [1.29, 1.82) is 0 Å². The van der Waals surface area contributed by atoms with Crippen molar-refractivity contribution in [2.24, 2.45) is 0 Å². The van der Waals surface area contributed by atoms with E-state index in [0.717, 1.165) is 31.1 Å². The fraction of sp³-hybridized carbons (Fsp3) is 0.833. The summed E-state index contributed by atoms with van der Waals surface area (Å²) in [4.78, 5) is 6.57. The Morgan fingerprint density at radius 1 is 1.41 bits per heavy atom. The van der Waals surface area contributed by atoms with Crippen LogP contribution in [0.2, 0.25) is 0 Å². The Morgan fingerprint density at radius 3 is 2.65 bits per heavy atom. The van der Waals surface area contributed by atoms with E-state index >= 15 is 0 Å². The van der Waals surface area contributed by atoms with Crippen molar-refractivity contribution in [3.63, 3.8) is 0 Å². The Labute approximate surface area is 104 Å². The largest absolute Gasteiger partial charge is 0.339 e. The van der Waals surface area contributed by atoms with E-state index < -0.39 is 0 Å². The molecule has 0 aromatic carbocycles. The van der Waals surface area contributed by atoms with Crippen molar-refractivity contribution < 1.29 is 4.52 Å². The standard InChI is InChI=1S/C12H24N4O/c1-6-10(13-3)9(2)12-14-11(15-17-12)7-8-16(4)5/h9-10,13H,6-8H2,1-5H3. The minimum atomic E-state index is 0.255. The molecule has 1 aromatic rings. The average Bonchev–Trinajstić information content (AvgIpc) is 2.76. The van der Waals surface area contributed by atoms with Crippen LogP contribution in [-0.2, 0) is 6.42 Å². The van der Waals surface area contributed by atoms with E-state index in [9.17, 15) is 0 Å². The van der Waals surface area contributed by atoms with E-state index in [0.29, 0.717) is 6.04 Å². The number of nitrogens with zero attached hydrogens (tertiary/aromatic N) is 3. The number of nitrogens with one attached hydrogen (secondary N) is 1.